The summed E-state index contributed by atoms with van der Waals surface area (Å²) >= 11 is 0. The van der Waals surface area contributed by atoms with Gasteiger partial charge in [0.05, 0.1) is 12.6 Å². The first-order chi connectivity index (χ1) is 12.0. The van der Waals surface area contributed by atoms with Gasteiger partial charge in [0.2, 0.25) is 5.91 Å². The highest BCUT2D eigenvalue weighted by Gasteiger charge is 2.35. The molecule has 0 aromatic heterocycles. The molecule has 1 aliphatic carbocycles. The van der Waals surface area contributed by atoms with Crippen molar-refractivity contribution in [2.45, 2.75) is 58.2 Å². The summed E-state index contributed by atoms with van der Waals surface area (Å²) in [7, 11) is 0. The lowest BCUT2D eigenvalue weighted by atomic mass is 9.92. The Labute approximate surface area is 151 Å². The van der Waals surface area contributed by atoms with E-state index in [-0.39, 0.29) is 12.0 Å². The molecule has 2 aliphatic rings. The lowest BCUT2D eigenvalue weighted by molar-refractivity contribution is -0.136. The summed E-state index contributed by atoms with van der Waals surface area (Å²) in [6, 6.07) is 10.6. The van der Waals surface area contributed by atoms with E-state index in [0.29, 0.717) is 31.0 Å². The van der Waals surface area contributed by atoms with Crippen molar-refractivity contribution in [1.82, 2.24) is 9.80 Å². The summed E-state index contributed by atoms with van der Waals surface area (Å²) in [5.74, 6) is 1.31. The van der Waals surface area contributed by atoms with Gasteiger partial charge < -0.3 is 10.0 Å². The first-order valence-corrected chi connectivity index (χ1v) is 9.78. The predicted octanol–water partition coefficient (Wildman–Crippen LogP) is 2.91. The molecule has 1 aromatic carbocycles. The summed E-state index contributed by atoms with van der Waals surface area (Å²) in [6.07, 6.45) is 4.24. The Bertz CT molecular complexity index is 548. The van der Waals surface area contributed by atoms with Crippen LogP contribution in [0, 0.1) is 11.8 Å². The highest BCUT2D eigenvalue weighted by molar-refractivity contribution is 5.78. The molecule has 1 saturated heterocycles. The van der Waals surface area contributed by atoms with Gasteiger partial charge in [-0.05, 0) is 70.0 Å². The summed E-state index contributed by atoms with van der Waals surface area (Å²) in [4.78, 5) is 17.4. The Morgan fingerprint density at radius 2 is 1.76 bits per heavy atom. The third-order valence-corrected chi connectivity index (χ3v) is 5.99. The van der Waals surface area contributed by atoms with Crippen LogP contribution >= 0.6 is 0 Å². The van der Waals surface area contributed by atoms with Crippen molar-refractivity contribution in [2.75, 3.05) is 19.6 Å². The summed E-state index contributed by atoms with van der Waals surface area (Å²) in [6.45, 7) is 7.14. The van der Waals surface area contributed by atoms with Crippen molar-refractivity contribution in [1.29, 1.82) is 0 Å². The van der Waals surface area contributed by atoms with Crippen molar-refractivity contribution < 1.29 is 9.90 Å². The largest absolute Gasteiger partial charge is 0.393 e. The molecule has 1 N–H and O–H groups in total. The zero-order valence-electron chi connectivity index (χ0n) is 15.6. The molecule has 1 saturated carbocycles. The predicted molar refractivity (Wildman–Crippen MR) is 100 cm³/mol. The number of aliphatic hydroxyl groups is 1. The second kappa shape index (κ2) is 8.33. The van der Waals surface area contributed by atoms with Crippen LogP contribution in [0.1, 0.15) is 45.1 Å². The first kappa shape index (κ1) is 18.4. The number of hydrogen-bond acceptors (Lipinski definition) is 3. The molecular weight excluding hydrogens is 312 g/mol. The van der Waals surface area contributed by atoms with Gasteiger partial charge >= 0.3 is 0 Å². The van der Waals surface area contributed by atoms with Crippen LogP contribution in [0.25, 0.3) is 0 Å². The van der Waals surface area contributed by atoms with Crippen LogP contribution in [-0.2, 0) is 11.3 Å². The minimum Gasteiger partial charge on any atom is -0.393 e. The zero-order valence-corrected chi connectivity index (χ0v) is 15.6. The molecule has 0 radical (unpaired) electrons. The summed E-state index contributed by atoms with van der Waals surface area (Å²) in [5, 5.41) is 9.74. The molecule has 1 heterocycles. The van der Waals surface area contributed by atoms with E-state index >= 15 is 0 Å². The van der Waals surface area contributed by atoms with Crippen LogP contribution in [0.5, 0.6) is 0 Å². The maximum atomic E-state index is 13.0. The van der Waals surface area contributed by atoms with E-state index < -0.39 is 0 Å². The van der Waals surface area contributed by atoms with E-state index in [0.717, 1.165) is 25.9 Å². The van der Waals surface area contributed by atoms with Gasteiger partial charge in [0.15, 0.2) is 0 Å². The van der Waals surface area contributed by atoms with Crippen molar-refractivity contribution in [2.24, 2.45) is 11.8 Å². The quantitative estimate of drug-likeness (QED) is 0.827. The van der Waals surface area contributed by atoms with E-state index in [1.54, 1.807) is 0 Å². The fourth-order valence-corrected chi connectivity index (χ4v) is 3.95. The molecule has 138 valence electrons. The Balaban J connectivity index is 1.59. The lowest BCUT2D eigenvalue weighted by Crippen LogP contribution is -2.47. The van der Waals surface area contributed by atoms with E-state index in [2.05, 4.69) is 28.9 Å². The molecule has 25 heavy (non-hydrogen) atoms. The molecule has 0 bridgehead atoms. The second-order valence-electron chi connectivity index (χ2n) is 7.94. The average molecular weight is 344 g/mol. The molecule has 2 atom stereocenters. The van der Waals surface area contributed by atoms with Crippen LogP contribution in [0.4, 0.5) is 0 Å². The Hall–Kier alpha value is -1.39. The van der Waals surface area contributed by atoms with Crippen molar-refractivity contribution in [3.63, 3.8) is 0 Å². The third kappa shape index (κ3) is 5.05. The molecule has 4 heteroatoms. The molecule has 4 nitrogen and oxygen atoms in total. The van der Waals surface area contributed by atoms with Gasteiger partial charge in [-0.3, -0.25) is 9.69 Å². The third-order valence-electron chi connectivity index (χ3n) is 5.99. The standard InChI is InChI=1S/C21H32N2O2/c1-16(19-8-9-19)23(14-18-6-4-3-5-7-18)21(25)15-22-12-10-20(11-13-22)17(2)24/h3-7,16-17,19-20,24H,8-15H2,1-2H3. The van der Waals surface area contributed by atoms with E-state index in [9.17, 15) is 9.90 Å². The molecule has 1 amide bonds. The summed E-state index contributed by atoms with van der Waals surface area (Å²) < 4.78 is 0. The van der Waals surface area contributed by atoms with Gasteiger partial charge in [0.1, 0.15) is 0 Å². The van der Waals surface area contributed by atoms with E-state index in [1.807, 2.05) is 25.1 Å². The van der Waals surface area contributed by atoms with Gasteiger partial charge in [-0.1, -0.05) is 30.3 Å². The Kier molecular flexibility index (Phi) is 6.13. The van der Waals surface area contributed by atoms with E-state index in [1.165, 1.54) is 18.4 Å². The first-order valence-electron chi connectivity index (χ1n) is 9.78. The van der Waals surface area contributed by atoms with Gasteiger partial charge in [-0.2, -0.15) is 0 Å². The molecule has 2 unspecified atom stereocenters. The normalized spacial score (nSPS) is 21.7. The molecule has 0 spiro atoms. The average Bonchev–Trinajstić information content (AvgIpc) is 3.45. The number of likely N-dealkylation sites (tertiary alicyclic amines) is 1. The topological polar surface area (TPSA) is 43.8 Å². The number of piperidine rings is 1. The molecule has 2 fully saturated rings. The van der Waals surface area contributed by atoms with E-state index in [4.69, 9.17) is 0 Å². The monoisotopic (exact) mass is 344 g/mol. The van der Waals surface area contributed by atoms with Crippen molar-refractivity contribution in [3.05, 3.63) is 35.9 Å². The number of benzene rings is 1. The minimum atomic E-state index is -0.234. The molecule has 3 rings (SSSR count). The van der Waals surface area contributed by atoms with Crippen LogP contribution in [0.15, 0.2) is 30.3 Å². The van der Waals surface area contributed by atoms with Crippen LogP contribution in [-0.4, -0.2) is 52.6 Å². The van der Waals surface area contributed by atoms with Crippen LogP contribution < -0.4 is 0 Å². The lowest BCUT2D eigenvalue weighted by Gasteiger charge is -2.36. The van der Waals surface area contributed by atoms with Gasteiger partial charge in [-0.15, -0.1) is 0 Å². The highest BCUT2D eigenvalue weighted by Crippen LogP contribution is 2.35. The van der Waals surface area contributed by atoms with Crippen molar-refractivity contribution in [3.8, 4) is 0 Å². The van der Waals surface area contributed by atoms with Crippen molar-refractivity contribution >= 4 is 5.91 Å². The van der Waals surface area contributed by atoms with Crippen LogP contribution in [0.3, 0.4) is 0 Å². The van der Waals surface area contributed by atoms with Gasteiger partial charge in [0, 0.05) is 12.6 Å². The van der Waals surface area contributed by atoms with Gasteiger partial charge in [-0.25, -0.2) is 0 Å². The highest BCUT2D eigenvalue weighted by atomic mass is 16.3. The number of carbonyl (C=O) groups excluding carboxylic acids is 1. The second-order valence-corrected chi connectivity index (χ2v) is 7.94. The fourth-order valence-electron chi connectivity index (χ4n) is 3.95. The number of aliphatic hydroxyl groups excluding tert-OH is 1. The number of carbonyl (C=O) groups is 1. The molecular formula is C21H32N2O2. The number of rotatable bonds is 7. The fraction of sp³-hybridized carbons (Fsp3) is 0.667. The summed E-state index contributed by atoms with van der Waals surface area (Å²) in [5.41, 5.74) is 1.20. The number of hydrogen-bond donors (Lipinski definition) is 1. The number of nitrogens with zero attached hydrogens (tertiary/aromatic N) is 2. The molecule has 1 aliphatic heterocycles. The Morgan fingerprint density at radius 3 is 2.32 bits per heavy atom. The van der Waals surface area contributed by atoms with Crippen LogP contribution in [0.2, 0.25) is 0 Å². The number of amides is 1. The minimum absolute atomic E-state index is 0.234. The zero-order chi connectivity index (χ0) is 17.8. The smallest absolute Gasteiger partial charge is 0.237 e. The molecule has 1 aromatic rings. The maximum Gasteiger partial charge on any atom is 0.237 e. The van der Waals surface area contributed by atoms with Gasteiger partial charge in [0.25, 0.3) is 0 Å². The Morgan fingerprint density at radius 1 is 1.12 bits per heavy atom. The SMILES string of the molecule is CC(O)C1CCN(CC(=O)N(Cc2ccccc2)C(C)C2CC2)CC1. The maximum absolute atomic E-state index is 13.0.